The molecule has 0 bridgehead atoms. The fraction of sp³-hybridized carbons (Fsp3) is 1.00. The Balaban J connectivity index is 3.03. The zero-order valence-corrected chi connectivity index (χ0v) is 10.2. The van der Waals surface area contributed by atoms with Crippen LogP contribution < -0.4 is 0 Å². The van der Waals surface area contributed by atoms with E-state index in [0.717, 1.165) is 5.75 Å². The molecule has 0 aromatic rings. The molecule has 2 heteroatoms. The second-order valence-corrected chi connectivity index (χ2v) is 4.24. The molecule has 0 aliphatic heterocycles. The molecule has 0 spiro atoms. The largest absolute Gasteiger partial charge is 0.306 e. The molecule has 0 aliphatic rings. The van der Waals surface area contributed by atoms with Crippen LogP contribution >= 0.6 is 12.6 Å². The minimum atomic E-state index is 1.05. The van der Waals surface area contributed by atoms with E-state index in [0.29, 0.717) is 0 Å². The lowest BCUT2D eigenvalue weighted by Crippen LogP contribution is -2.20. The fourth-order valence-corrected chi connectivity index (χ4v) is 1.61. The first-order valence-electron chi connectivity index (χ1n) is 5.60. The van der Waals surface area contributed by atoms with Gasteiger partial charge in [0.2, 0.25) is 0 Å². The third kappa shape index (κ3) is 10.2. The van der Waals surface area contributed by atoms with Crippen LogP contribution in [0.25, 0.3) is 0 Å². The summed E-state index contributed by atoms with van der Waals surface area (Å²) in [6.07, 6.45) is 8.01. The third-order valence-electron chi connectivity index (χ3n) is 2.34. The van der Waals surface area contributed by atoms with Crippen molar-refractivity contribution in [1.82, 2.24) is 4.90 Å². The Labute approximate surface area is 89.3 Å². The van der Waals surface area contributed by atoms with Crippen molar-refractivity contribution in [1.29, 1.82) is 0 Å². The molecule has 0 aliphatic carbocycles. The van der Waals surface area contributed by atoms with E-state index in [-0.39, 0.29) is 0 Å². The molecular formula is C11H25NS. The highest BCUT2D eigenvalue weighted by Crippen LogP contribution is 2.02. The molecule has 0 heterocycles. The number of hydrogen-bond acceptors (Lipinski definition) is 2. The van der Waals surface area contributed by atoms with E-state index in [2.05, 4.69) is 31.5 Å². The van der Waals surface area contributed by atoms with Crippen molar-refractivity contribution in [3.05, 3.63) is 0 Å². The van der Waals surface area contributed by atoms with Crippen molar-refractivity contribution in [3.8, 4) is 0 Å². The van der Waals surface area contributed by atoms with Crippen LogP contribution in [0.3, 0.4) is 0 Å². The number of unbranched alkanes of at least 4 members (excludes halogenated alkanes) is 4. The Kier molecular flexibility index (Phi) is 10.6. The summed E-state index contributed by atoms with van der Waals surface area (Å²) in [4.78, 5) is 2.45. The lowest BCUT2D eigenvalue weighted by atomic mass is 10.2. The normalized spacial score (nSPS) is 11.1. The van der Waals surface area contributed by atoms with Crippen LogP contribution in [0.2, 0.25) is 0 Å². The summed E-state index contributed by atoms with van der Waals surface area (Å²) in [5.74, 6) is 1.05. The Morgan fingerprint density at radius 1 is 0.923 bits per heavy atom. The first-order chi connectivity index (χ1) is 6.31. The van der Waals surface area contributed by atoms with Crippen LogP contribution in [-0.4, -0.2) is 30.8 Å². The van der Waals surface area contributed by atoms with Crippen LogP contribution in [0.4, 0.5) is 0 Å². The van der Waals surface area contributed by atoms with Crippen molar-refractivity contribution in [2.75, 3.05) is 25.9 Å². The molecule has 0 rings (SSSR count). The average Bonchev–Trinajstić information content (AvgIpc) is 2.14. The molecule has 80 valence electrons. The molecule has 13 heavy (non-hydrogen) atoms. The third-order valence-corrected chi connectivity index (χ3v) is 2.66. The number of nitrogens with zero attached hydrogens (tertiary/aromatic N) is 1. The van der Waals surface area contributed by atoms with Gasteiger partial charge in [-0.05, 0) is 45.2 Å². The molecule has 0 saturated carbocycles. The Hall–Kier alpha value is 0.310. The maximum absolute atomic E-state index is 4.20. The number of rotatable bonds is 9. The number of thiol groups is 1. The minimum absolute atomic E-state index is 1.05. The summed E-state index contributed by atoms with van der Waals surface area (Å²) in [5.41, 5.74) is 0. The van der Waals surface area contributed by atoms with Crippen LogP contribution in [0.15, 0.2) is 0 Å². The van der Waals surface area contributed by atoms with Crippen molar-refractivity contribution in [3.63, 3.8) is 0 Å². The Bertz CT molecular complexity index is 96.1. The van der Waals surface area contributed by atoms with Gasteiger partial charge < -0.3 is 4.90 Å². The Morgan fingerprint density at radius 3 is 2.15 bits per heavy atom. The molecule has 0 atom stereocenters. The van der Waals surface area contributed by atoms with Gasteiger partial charge in [0.25, 0.3) is 0 Å². The molecule has 0 amide bonds. The van der Waals surface area contributed by atoms with Crippen LogP contribution in [0.1, 0.15) is 45.4 Å². The van der Waals surface area contributed by atoms with E-state index in [1.54, 1.807) is 0 Å². The molecular weight excluding hydrogens is 178 g/mol. The molecule has 0 radical (unpaired) electrons. The highest BCUT2D eigenvalue weighted by Gasteiger charge is 1.96. The second kappa shape index (κ2) is 10.4. The van der Waals surface area contributed by atoms with Crippen molar-refractivity contribution < 1.29 is 0 Å². The van der Waals surface area contributed by atoms with Crippen LogP contribution in [-0.2, 0) is 0 Å². The molecule has 0 aromatic heterocycles. The van der Waals surface area contributed by atoms with E-state index in [9.17, 15) is 0 Å². The monoisotopic (exact) mass is 203 g/mol. The smallest absolute Gasteiger partial charge is 0.00218 e. The predicted octanol–water partition coefficient (Wildman–Crippen LogP) is 3.21. The zero-order chi connectivity index (χ0) is 9.94. The van der Waals surface area contributed by atoms with Crippen LogP contribution in [0, 0.1) is 0 Å². The second-order valence-electron chi connectivity index (χ2n) is 3.79. The van der Waals surface area contributed by atoms with Gasteiger partial charge >= 0.3 is 0 Å². The molecule has 0 N–H and O–H groups in total. The van der Waals surface area contributed by atoms with Gasteiger partial charge in [0, 0.05) is 0 Å². The van der Waals surface area contributed by atoms with Gasteiger partial charge in [-0.15, -0.1) is 0 Å². The number of hydrogen-bond donors (Lipinski definition) is 1. The highest BCUT2D eigenvalue weighted by atomic mass is 32.1. The minimum Gasteiger partial charge on any atom is -0.306 e. The summed E-state index contributed by atoms with van der Waals surface area (Å²) >= 11 is 4.20. The van der Waals surface area contributed by atoms with Crippen molar-refractivity contribution in [2.24, 2.45) is 0 Å². The van der Waals surface area contributed by atoms with Gasteiger partial charge in [0.05, 0.1) is 0 Å². The average molecular weight is 203 g/mol. The van der Waals surface area contributed by atoms with Crippen LogP contribution in [0.5, 0.6) is 0 Å². The van der Waals surface area contributed by atoms with E-state index >= 15 is 0 Å². The molecule has 0 unspecified atom stereocenters. The summed E-state index contributed by atoms with van der Waals surface area (Å²) < 4.78 is 0. The highest BCUT2D eigenvalue weighted by molar-refractivity contribution is 7.80. The predicted molar refractivity (Wildman–Crippen MR) is 64.7 cm³/mol. The maximum Gasteiger partial charge on any atom is -0.00218 e. The molecule has 0 saturated heterocycles. The fourth-order valence-electron chi connectivity index (χ4n) is 1.39. The lowest BCUT2D eigenvalue weighted by Gasteiger charge is -2.15. The summed E-state index contributed by atoms with van der Waals surface area (Å²) in [5, 5.41) is 0. The zero-order valence-electron chi connectivity index (χ0n) is 9.26. The van der Waals surface area contributed by atoms with Crippen molar-refractivity contribution >= 4 is 12.6 Å². The lowest BCUT2D eigenvalue weighted by molar-refractivity contribution is 0.319. The van der Waals surface area contributed by atoms with Gasteiger partial charge in [-0.1, -0.05) is 26.2 Å². The summed E-state index contributed by atoms with van der Waals surface area (Å²) in [7, 11) is 2.23. The standard InChI is InChI=1S/C11H25NS/c1-3-4-9-12(2)10-7-5-6-8-11-13/h13H,3-11H2,1-2H3. The first-order valence-corrected chi connectivity index (χ1v) is 6.24. The van der Waals surface area contributed by atoms with Gasteiger partial charge in [-0.25, -0.2) is 0 Å². The van der Waals surface area contributed by atoms with Gasteiger partial charge in [0.1, 0.15) is 0 Å². The van der Waals surface area contributed by atoms with E-state index in [1.807, 2.05) is 0 Å². The Morgan fingerprint density at radius 2 is 1.54 bits per heavy atom. The topological polar surface area (TPSA) is 3.24 Å². The van der Waals surface area contributed by atoms with E-state index < -0.39 is 0 Å². The van der Waals surface area contributed by atoms with E-state index in [4.69, 9.17) is 0 Å². The quantitative estimate of drug-likeness (QED) is 0.445. The van der Waals surface area contributed by atoms with Gasteiger partial charge in [-0.3, -0.25) is 0 Å². The SMILES string of the molecule is CCCCN(C)CCCCCCS. The van der Waals surface area contributed by atoms with Gasteiger partial charge in [0.15, 0.2) is 0 Å². The summed E-state index contributed by atoms with van der Waals surface area (Å²) in [6.45, 7) is 4.79. The first kappa shape index (κ1) is 13.3. The maximum atomic E-state index is 4.20. The van der Waals surface area contributed by atoms with Crippen molar-refractivity contribution in [2.45, 2.75) is 45.4 Å². The van der Waals surface area contributed by atoms with Gasteiger partial charge in [-0.2, -0.15) is 12.6 Å². The molecule has 0 aromatic carbocycles. The summed E-state index contributed by atoms with van der Waals surface area (Å²) in [6, 6.07) is 0. The molecule has 0 fully saturated rings. The molecule has 1 nitrogen and oxygen atoms in total. The van der Waals surface area contributed by atoms with E-state index in [1.165, 1.54) is 51.6 Å².